The van der Waals surface area contributed by atoms with Crippen molar-refractivity contribution in [2.45, 2.75) is 86.0 Å². The fourth-order valence-electron chi connectivity index (χ4n) is 5.12. The molecule has 3 rings (SSSR count). The van der Waals surface area contributed by atoms with E-state index in [-0.39, 0.29) is 25.0 Å². The zero-order chi connectivity index (χ0) is 25.3. The number of hydrogen-bond donors (Lipinski definition) is 12. The van der Waals surface area contributed by atoms with Crippen molar-refractivity contribution in [1.82, 2.24) is 5.32 Å². The minimum Gasteiger partial charge on any atom is -0.396 e. The van der Waals surface area contributed by atoms with E-state index in [4.69, 9.17) is 4.74 Å². The number of hydrogen-bond acceptors (Lipinski definition) is 13. The summed E-state index contributed by atoms with van der Waals surface area (Å²) in [6.07, 6.45) is -12.8. The van der Waals surface area contributed by atoms with Gasteiger partial charge in [0.05, 0.1) is 43.7 Å². The second-order valence-electron chi connectivity index (χ2n) is 9.61. The zero-order valence-electron chi connectivity index (χ0n) is 18.5. The maximum atomic E-state index is 10.5. The predicted octanol–water partition coefficient (Wildman–Crippen LogP) is -6.09. The maximum absolute atomic E-state index is 10.5. The number of nitrogens with one attached hydrogen (secondary N) is 1. The second-order valence-corrected chi connectivity index (χ2v) is 9.61. The van der Waals surface area contributed by atoms with E-state index in [1.807, 2.05) is 0 Å². The molecule has 14 unspecified atom stereocenters. The molecule has 12 N–H and O–H groups in total. The minimum atomic E-state index is -1.59. The van der Waals surface area contributed by atoms with Crippen LogP contribution in [0.25, 0.3) is 0 Å². The monoisotopic (exact) mass is 495 g/mol. The Kier molecular flexibility index (Phi) is 9.42. The van der Waals surface area contributed by atoms with E-state index in [1.54, 1.807) is 0 Å². The normalized spacial score (nSPS) is 50.1. The first-order valence-corrected chi connectivity index (χ1v) is 11.4. The van der Waals surface area contributed by atoms with Crippen LogP contribution in [0.5, 0.6) is 0 Å². The fourth-order valence-corrected chi connectivity index (χ4v) is 5.12. The lowest BCUT2D eigenvalue weighted by molar-refractivity contribution is -0.192. The van der Waals surface area contributed by atoms with Gasteiger partial charge in [-0.2, -0.15) is 0 Å². The largest absolute Gasteiger partial charge is 0.396 e. The van der Waals surface area contributed by atoms with Crippen LogP contribution in [-0.2, 0) is 4.74 Å². The molecule has 0 aromatic rings. The smallest absolute Gasteiger partial charge is 0.111 e. The highest BCUT2D eigenvalue weighted by Gasteiger charge is 2.47. The Morgan fingerprint density at radius 1 is 0.706 bits per heavy atom. The van der Waals surface area contributed by atoms with Crippen molar-refractivity contribution in [1.29, 1.82) is 0 Å². The third kappa shape index (κ3) is 5.47. The van der Waals surface area contributed by atoms with Crippen molar-refractivity contribution in [2.75, 3.05) is 19.8 Å². The summed E-state index contributed by atoms with van der Waals surface area (Å²) >= 11 is 0. The van der Waals surface area contributed by atoms with Crippen LogP contribution >= 0.6 is 0 Å². The molecule has 3 aliphatic rings. The molecule has 0 amide bonds. The molecule has 2 fully saturated rings. The molecular weight excluding hydrogens is 458 g/mol. The third-order valence-electron chi connectivity index (χ3n) is 7.41. The Bertz CT molecular complexity index is 695. The van der Waals surface area contributed by atoms with Gasteiger partial charge in [0.2, 0.25) is 0 Å². The van der Waals surface area contributed by atoms with E-state index in [9.17, 15) is 56.2 Å². The number of rotatable bonds is 7. The summed E-state index contributed by atoms with van der Waals surface area (Å²) in [4.78, 5) is 0. The van der Waals surface area contributed by atoms with E-state index < -0.39 is 98.2 Å². The van der Waals surface area contributed by atoms with Crippen LogP contribution in [0.2, 0.25) is 0 Å². The van der Waals surface area contributed by atoms with E-state index in [0.29, 0.717) is 0 Å². The van der Waals surface area contributed by atoms with Gasteiger partial charge in [-0.15, -0.1) is 0 Å². The van der Waals surface area contributed by atoms with Gasteiger partial charge in [-0.3, -0.25) is 0 Å². The highest BCUT2D eigenvalue weighted by molar-refractivity contribution is 5.22. The highest BCUT2D eigenvalue weighted by Crippen LogP contribution is 2.32. The average Bonchev–Trinajstić information content (AvgIpc) is 2.83. The van der Waals surface area contributed by atoms with Crippen LogP contribution in [0.4, 0.5) is 0 Å². The van der Waals surface area contributed by atoms with Gasteiger partial charge in [0.25, 0.3) is 0 Å². The van der Waals surface area contributed by atoms with E-state index in [2.05, 4.69) is 5.32 Å². The molecule has 3 aliphatic carbocycles. The molecule has 34 heavy (non-hydrogen) atoms. The van der Waals surface area contributed by atoms with Gasteiger partial charge in [-0.1, -0.05) is 6.08 Å². The summed E-state index contributed by atoms with van der Waals surface area (Å²) in [5, 5.41) is 113. The van der Waals surface area contributed by atoms with Crippen molar-refractivity contribution in [3.8, 4) is 0 Å². The van der Waals surface area contributed by atoms with Crippen LogP contribution in [-0.4, -0.2) is 149 Å². The Balaban J connectivity index is 1.67. The van der Waals surface area contributed by atoms with E-state index in [0.717, 1.165) is 0 Å². The summed E-state index contributed by atoms with van der Waals surface area (Å²) in [5.41, 5.74) is 0.0755. The molecule has 0 bridgehead atoms. The molecule has 13 nitrogen and oxygen atoms in total. The van der Waals surface area contributed by atoms with Crippen LogP contribution in [0.3, 0.4) is 0 Å². The number of aliphatic hydroxyl groups excluding tert-OH is 11. The number of ether oxygens (including phenoxy) is 1. The van der Waals surface area contributed by atoms with Crippen LogP contribution in [0.15, 0.2) is 11.6 Å². The lowest BCUT2D eigenvalue weighted by Crippen LogP contribution is -2.64. The molecule has 0 aromatic heterocycles. The Labute approximate surface area is 196 Å². The first kappa shape index (κ1) is 27.8. The summed E-state index contributed by atoms with van der Waals surface area (Å²) in [5.74, 6) is -1.47. The summed E-state index contributed by atoms with van der Waals surface area (Å²) < 4.78 is 5.68. The molecule has 0 radical (unpaired) electrons. The Hall–Kier alpha value is -0.780. The zero-order valence-corrected chi connectivity index (χ0v) is 18.5. The van der Waals surface area contributed by atoms with Crippen LogP contribution in [0.1, 0.15) is 12.8 Å². The van der Waals surface area contributed by atoms with Gasteiger partial charge in [0.15, 0.2) is 0 Å². The van der Waals surface area contributed by atoms with Crippen LogP contribution < -0.4 is 5.32 Å². The van der Waals surface area contributed by atoms with Gasteiger partial charge in [0.1, 0.15) is 36.6 Å². The van der Waals surface area contributed by atoms with Crippen molar-refractivity contribution >= 4 is 0 Å². The van der Waals surface area contributed by atoms with Gasteiger partial charge < -0.3 is 66.2 Å². The molecule has 13 heteroatoms. The second kappa shape index (κ2) is 11.5. The van der Waals surface area contributed by atoms with Gasteiger partial charge in [-0.25, -0.2) is 0 Å². The minimum absolute atomic E-state index is 0.0426. The molecule has 0 aromatic carbocycles. The topological polar surface area (TPSA) is 244 Å². The molecule has 14 atom stereocenters. The van der Waals surface area contributed by atoms with E-state index in [1.165, 1.54) is 6.08 Å². The summed E-state index contributed by atoms with van der Waals surface area (Å²) in [6, 6.07) is -1.87. The lowest BCUT2D eigenvalue weighted by Gasteiger charge is -2.45. The Morgan fingerprint density at radius 2 is 1.32 bits per heavy atom. The molecule has 0 saturated heterocycles. The SMILES string of the molecule is OCC1=CC(NC2CC(COC3CC(CO)C(O)C(O)C3O)C(O)C(O)C2O)C(O)C(O)C1O. The summed E-state index contributed by atoms with van der Waals surface area (Å²) in [7, 11) is 0. The average molecular weight is 496 g/mol. The standard InChI is InChI=1S/C21H37NO12/c23-4-7-1-10(16(28)19(31)13(7)25)22-11-2-9(15(27)20(32)17(11)29)6-34-12-3-8(5-24)14(26)21(33)18(12)30/h1,8-33H,2-6H2. The first-order chi connectivity index (χ1) is 16.0. The molecule has 0 spiro atoms. The molecule has 198 valence electrons. The highest BCUT2D eigenvalue weighted by atomic mass is 16.5. The van der Waals surface area contributed by atoms with E-state index >= 15 is 0 Å². The van der Waals surface area contributed by atoms with Crippen molar-refractivity contribution in [3.05, 3.63) is 11.6 Å². The van der Waals surface area contributed by atoms with Crippen molar-refractivity contribution in [3.63, 3.8) is 0 Å². The first-order valence-electron chi connectivity index (χ1n) is 11.4. The molecule has 0 aliphatic heterocycles. The molecule has 0 heterocycles. The Morgan fingerprint density at radius 3 is 1.94 bits per heavy atom. The molecule has 2 saturated carbocycles. The van der Waals surface area contributed by atoms with Gasteiger partial charge >= 0.3 is 0 Å². The quantitative estimate of drug-likeness (QED) is 0.147. The third-order valence-corrected chi connectivity index (χ3v) is 7.41. The summed E-state index contributed by atoms with van der Waals surface area (Å²) in [6.45, 7) is -1.19. The van der Waals surface area contributed by atoms with Crippen LogP contribution in [0, 0.1) is 11.8 Å². The molecular formula is C21H37NO12. The fraction of sp³-hybridized carbons (Fsp3) is 0.905. The predicted molar refractivity (Wildman–Crippen MR) is 113 cm³/mol. The van der Waals surface area contributed by atoms with Crippen molar-refractivity contribution in [2.24, 2.45) is 11.8 Å². The van der Waals surface area contributed by atoms with Gasteiger partial charge in [-0.05, 0) is 18.4 Å². The maximum Gasteiger partial charge on any atom is 0.111 e. The lowest BCUT2D eigenvalue weighted by atomic mass is 9.78. The van der Waals surface area contributed by atoms with Crippen molar-refractivity contribution < 1.29 is 60.9 Å². The number of aliphatic hydroxyl groups is 11. The van der Waals surface area contributed by atoms with Gasteiger partial charge in [0, 0.05) is 24.5 Å².